The Kier molecular flexibility index (Phi) is 7.20. The molecule has 4 aliphatic rings. The summed E-state index contributed by atoms with van der Waals surface area (Å²) in [7, 11) is 1.64. The van der Waals surface area contributed by atoms with Crippen LogP contribution >= 0.6 is 11.6 Å². The maximum atomic E-state index is 13.1. The minimum atomic E-state index is -0.375. The van der Waals surface area contributed by atoms with Gasteiger partial charge in [0.2, 0.25) is 0 Å². The molecule has 37 heavy (non-hydrogen) atoms. The average molecular weight is 529 g/mol. The summed E-state index contributed by atoms with van der Waals surface area (Å²) in [4.78, 5) is 15.5. The molecular formula is C29H37ClN2O5. The number of nitrogens with one attached hydrogen (secondary N) is 1. The van der Waals surface area contributed by atoms with E-state index in [1.807, 2.05) is 44.2 Å². The number of methoxy groups -OCH3 is 1. The number of hydrogen-bond acceptors (Lipinski definition) is 6. The molecule has 1 unspecified atom stereocenters. The fourth-order valence-electron chi connectivity index (χ4n) is 5.71. The van der Waals surface area contributed by atoms with E-state index in [2.05, 4.69) is 24.1 Å². The van der Waals surface area contributed by atoms with Crippen LogP contribution in [0.4, 0.5) is 4.79 Å². The maximum Gasteiger partial charge on any atom is 0.407 e. The lowest BCUT2D eigenvalue weighted by molar-refractivity contribution is -0.0361. The van der Waals surface area contributed by atoms with Crippen LogP contribution in [0.3, 0.4) is 0 Å². The lowest BCUT2D eigenvalue weighted by atomic mass is 9.78. The highest BCUT2D eigenvalue weighted by Gasteiger charge is 2.41. The van der Waals surface area contributed by atoms with Gasteiger partial charge in [-0.15, -0.1) is 0 Å². The molecule has 200 valence electrons. The molecule has 0 saturated carbocycles. The maximum absolute atomic E-state index is 13.1. The van der Waals surface area contributed by atoms with E-state index in [1.54, 1.807) is 7.11 Å². The molecule has 0 radical (unpaired) electrons. The zero-order valence-electron chi connectivity index (χ0n) is 22.3. The number of benzene rings is 2. The second-order valence-electron chi connectivity index (χ2n) is 11.3. The lowest BCUT2D eigenvalue weighted by Crippen LogP contribution is -2.53. The highest BCUT2D eigenvalue weighted by atomic mass is 35.5. The fourth-order valence-corrected chi connectivity index (χ4v) is 5.94. The summed E-state index contributed by atoms with van der Waals surface area (Å²) in [5.41, 5.74) is 2.27. The zero-order chi connectivity index (χ0) is 26.3. The quantitative estimate of drug-likeness (QED) is 0.490. The molecule has 0 aliphatic carbocycles. The zero-order valence-corrected chi connectivity index (χ0v) is 23.1. The van der Waals surface area contributed by atoms with Crippen molar-refractivity contribution in [3.05, 3.63) is 40.9 Å². The van der Waals surface area contributed by atoms with Crippen LogP contribution in [0.1, 0.15) is 52.1 Å². The Labute approximate surface area is 224 Å². The molecule has 0 spiro atoms. The van der Waals surface area contributed by atoms with Crippen LogP contribution < -0.4 is 19.5 Å². The fraction of sp³-hybridized carbons (Fsp3) is 0.552. The number of piperidine rings is 3. The van der Waals surface area contributed by atoms with Crippen molar-refractivity contribution in [1.82, 2.24) is 10.2 Å². The summed E-state index contributed by atoms with van der Waals surface area (Å²) in [5, 5.41) is 3.70. The Hall–Kier alpha value is -2.64. The monoisotopic (exact) mass is 528 g/mol. The molecule has 4 aliphatic heterocycles. The highest BCUT2D eigenvalue weighted by Crippen LogP contribution is 2.48. The number of amides is 1. The first-order chi connectivity index (χ1) is 17.6. The molecule has 4 heterocycles. The van der Waals surface area contributed by atoms with Gasteiger partial charge in [0.15, 0.2) is 0 Å². The van der Waals surface area contributed by atoms with Crippen LogP contribution in [-0.4, -0.2) is 56.6 Å². The SMILES string of the molecule is COc1cc2c(cc1-c1ccc(OC(C)C)c(Cl)c1)OCC(C)(C)C2NC(=O)O[C@@H]1CN2CCC1CC2. The van der Waals surface area contributed by atoms with Crippen molar-refractivity contribution in [3.63, 3.8) is 0 Å². The molecule has 0 aromatic heterocycles. The Morgan fingerprint density at radius 2 is 1.92 bits per heavy atom. The van der Waals surface area contributed by atoms with Crippen molar-refractivity contribution in [2.75, 3.05) is 33.4 Å². The summed E-state index contributed by atoms with van der Waals surface area (Å²) in [6, 6.07) is 9.33. The van der Waals surface area contributed by atoms with Gasteiger partial charge in [-0.2, -0.15) is 0 Å². The van der Waals surface area contributed by atoms with Crippen LogP contribution in [0.5, 0.6) is 17.2 Å². The minimum absolute atomic E-state index is 0.0280. The number of fused-ring (bicyclic) bond motifs is 4. The Morgan fingerprint density at radius 3 is 2.54 bits per heavy atom. The minimum Gasteiger partial charge on any atom is -0.496 e. The number of carbonyl (C=O) groups is 1. The molecule has 2 aromatic carbocycles. The summed E-state index contributed by atoms with van der Waals surface area (Å²) >= 11 is 6.52. The Bertz CT molecular complexity index is 1160. The van der Waals surface area contributed by atoms with Crippen molar-refractivity contribution in [3.8, 4) is 28.4 Å². The van der Waals surface area contributed by atoms with E-state index in [-0.39, 0.29) is 29.8 Å². The van der Waals surface area contributed by atoms with Gasteiger partial charge in [0.1, 0.15) is 23.4 Å². The Balaban J connectivity index is 1.41. The van der Waals surface area contributed by atoms with Gasteiger partial charge in [-0.25, -0.2) is 4.79 Å². The van der Waals surface area contributed by atoms with Crippen molar-refractivity contribution in [2.24, 2.45) is 11.3 Å². The third-order valence-electron chi connectivity index (χ3n) is 7.75. The summed E-state index contributed by atoms with van der Waals surface area (Å²) in [6.45, 7) is 11.6. The first-order valence-electron chi connectivity index (χ1n) is 13.2. The summed E-state index contributed by atoms with van der Waals surface area (Å²) in [6.07, 6.45) is 1.80. The molecule has 1 N–H and O–H groups in total. The van der Waals surface area contributed by atoms with Crippen molar-refractivity contribution < 1.29 is 23.7 Å². The smallest absolute Gasteiger partial charge is 0.407 e. The van der Waals surface area contributed by atoms with Gasteiger partial charge in [-0.1, -0.05) is 31.5 Å². The number of halogens is 1. The second-order valence-corrected chi connectivity index (χ2v) is 11.7. The largest absolute Gasteiger partial charge is 0.496 e. The van der Waals surface area contributed by atoms with Crippen LogP contribution in [0.25, 0.3) is 11.1 Å². The van der Waals surface area contributed by atoms with Gasteiger partial charge < -0.3 is 24.3 Å². The van der Waals surface area contributed by atoms with Crippen LogP contribution in [0.15, 0.2) is 30.3 Å². The number of carbonyl (C=O) groups excluding carboxylic acids is 1. The molecule has 3 fully saturated rings. The molecule has 8 heteroatoms. The van der Waals surface area contributed by atoms with Crippen molar-refractivity contribution >= 4 is 17.7 Å². The highest BCUT2D eigenvalue weighted by molar-refractivity contribution is 6.32. The molecule has 6 rings (SSSR count). The van der Waals surface area contributed by atoms with E-state index in [0.717, 1.165) is 49.2 Å². The first-order valence-corrected chi connectivity index (χ1v) is 13.5. The van der Waals surface area contributed by atoms with Gasteiger partial charge in [0.05, 0.1) is 30.9 Å². The van der Waals surface area contributed by atoms with Crippen molar-refractivity contribution in [2.45, 2.75) is 58.8 Å². The number of nitrogens with zero attached hydrogens (tertiary/aromatic N) is 1. The first kappa shape index (κ1) is 26.0. The third kappa shape index (κ3) is 5.34. The predicted octanol–water partition coefficient (Wildman–Crippen LogP) is 6.08. The van der Waals surface area contributed by atoms with Crippen LogP contribution in [-0.2, 0) is 4.74 Å². The van der Waals surface area contributed by atoms with E-state index in [4.69, 9.17) is 30.5 Å². The van der Waals surface area contributed by atoms with Gasteiger partial charge in [-0.05, 0) is 75.5 Å². The number of hydrogen-bond donors (Lipinski definition) is 1. The second kappa shape index (κ2) is 10.3. The summed E-state index contributed by atoms with van der Waals surface area (Å²) < 4.78 is 23.7. The van der Waals surface area contributed by atoms with Gasteiger partial charge in [0.25, 0.3) is 0 Å². The average Bonchev–Trinajstić information content (AvgIpc) is 2.87. The van der Waals surface area contributed by atoms with Gasteiger partial charge in [0, 0.05) is 23.1 Å². The van der Waals surface area contributed by atoms with E-state index in [9.17, 15) is 4.79 Å². The number of alkyl carbamates (subject to hydrolysis) is 1. The predicted molar refractivity (Wildman–Crippen MR) is 144 cm³/mol. The molecule has 2 aromatic rings. The molecule has 2 bridgehead atoms. The van der Waals surface area contributed by atoms with Gasteiger partial charge in [-0.3, -0.25) is 4.90 Å². The van der Waals surface area contributed by atoms with E-state index in [0.29, 0.717) is 34.8 Å². The topological polar surface area (TPSA) is 69.3 Å². The van der Waals surface area contributed by atoms with Crippen molar-refractivity contribution in [1.29, 1.82) is 0 Å². The Morgan fingerprint density at radius 1 is 1.16 bits per heavy atom. The van der Waals surface area contributed by atoms with Gasteiger partial charge >= 0.3 is 6.09 Å². The number of rotatable bonds is 6. The third-order valence-corrected chi connectivity index (χ3v) is 8.04. The van der Waals surface area contributed by atoms with Crippen LogP contribution in [0.2, 0.25) is 5.02 Å². The lowest BCUT2D eigenvalue weighted by Gasteiger charge is -2.44. The molecule has 2 atom stereocenters. The normalized spacial score (nSPS) is 25.7. The molecule has 7 nitrogen and oxygen atoms in total. The standard InChI is InChI=1S/C29H37ClN2O5/c1-17(2)36-23-7-6-19(12-22(23)30)20-13-25-21(14-24(20)34-5)27(29(3,4)16-35-25)31-28(33)37-26-15-32-10-8-18(26)9-11-32/h6-7,12-14,17-18,26-27H,8-11,15-16H2,1-5H3,(H,31,33)/t26-,27?/m1/s1. The van der Waals surface area contributed by atoms with Crippen LogP contribution in [0, 0.1) is 11.3 Å². The van der Waals surface area contributed by atoms with E-state index in [1.165, 1.54) is 0 Å². The number of ether oxygens (including phenoxy) is 4. The molecular weight excluding hydrogens is 492 g/mol. The molecule has 3 saturated heterocycles. The molecule has 1 amide bonds. The van der Waals surface area contributed by atoms with E-state index >= 15 is 0 Å². The van der Waals surface area contributed by atoms with E-state index < -0.39 is 0 Å². The summed E-state index contributed by atoms with van der Waals surface area (Å²) in [5.74, 6) is 2.48.